The molecule has 2 aromatic rings. The number of amides is 2. The highest BCUT2D eigenvalue weighted by molar-refractivity contribution is 8.24. The number of carbonyl (C=O) groups excluding carboxylic acids is 2. The number of thiocarbonyl (C=S) groups is 1. The third-order valence-electron chi connectivity index (χ3n) is 4.73. The van der Waals surface area contributed by atoms with Crippen molar-refractivity contribution >= 4 is 40.1 Å². The smallest absolute Gasteiger partial charge is 0.241 e. The van der Waals surface area contributed by atoms with Crippen LogP contribution in [-0.4, -0.2) is 32.8 Å². The van der Waals surface area contributed by atoms with E-state index in [2.05, 4.69) is 5.32 Å². The van der Waals surface area contributed by atoms with Gasteiger partial charge in [-0.2, -0.15) is 0 Å². The molecule has 146 valence electrons. The Morgan fingerprint density at radius 3 is 2.18 bits per heavy atom. The summed E-state index contributed by atoms with van der Waals surface area (Å²) in [5, 5.41) is 3.07. The van der Waals surface area contributed by atoms with Gasteiger partial charge in [0.25, 0.3) is 0 Å². The Labute approximate surface area is 175 Å². The number of hydrogen-bond acceptors (Lipinski definition) is 4. The molecular weight excluding hydrogens is 388 g/mol. The van der Waals surface area contributed by atoms with Crippen molar-refractivity contribution in [3.8, 4) is 0 Å². The molecule has 0 bridgehead atoms. The summed E-state index contributed by atoms with van der Waals surface area (Å²) in [6.07, 6.45) is 1.71. The molecule has 0 radical (unpaired) electrons. The van der Waals surface area contributed by atoms with E-state index in [1.54, 1.807) is 4.90 Å². The van der Waals surface area contributed by atoms with Crippen molar-refractivity contribution in [1.82, 2.24) is 10.2 Å². The zero-order valence-corrected chi connectivity index (χ0v) is 17.5. The van der Waals surface area contributed by atoms with E-state index in [4.69, 9.17) is 12.2 Å². The highest BCUT2D eigenvalue weighted by Crippen LogP contribution is 2.29. The summed E-state index contributed by atoms with van der Waals surface area (Å²) in [6, 6.07) is 19.7. The molecule has 3 rings (SSSR count). The zero-order chi connectivity index (χ0) is 19.9. The van der Waals surface area contributed by atoms with E-state index in [0.29, 0.717) is 23.7 Å². The molecule has 1 atom stereocenters. The third kappa shape index (κ3) is 5.00. The SMILES string of the molecule is CCC1SC(=S)N(CCCC(=O)NC(c2ccccc2)c2ccccc2)C1=O. The Hall–Kier alpha value is -2.18. The van der Waals surface area contributed by atoms with Gasteiger partial charge in [0, 0.05) is 13.0 Å². The predicted octanol–water partition coefficient (Wildman–Crippen LogP) is 4.31. The molecule has 4 nitrogen and oxygen atoms in total. The fraction of sp³-hybridized carbons (Fsp3) is 0.318. The Morgan fingerprint density at radius 2 is 1.68 bits per heavy atom. The topological polar surface area (TPSA) is 49.4 Å². The fourth-order valence-electron chi connectivity index (χ4n) is 3.24. The molecule has 2 aromatic carbocycles. The summed E-state index contributed by atoms with van der Waals surface area (Å²) in [5.74, 6) is 0.0410. The van der Waals surface area contributed by atoms with Crippen molar-refractivity contribution in [2.24, 2.45) is 0 Å². The minimum atomic E-state index is -0.190. The molecule has 0 aliphatic carbocycles. The van der Waals surface area contributed by atoms with Gasteiger partial charge in [0.1, 0.15) is 4.32 Å². The highest BCUT2D eigenvalue weighted by Gasteiger charge is 2.35. The lowest BCUT2D eigenvalue weighted by Crippen LogP contribution is -2.34. The van der Waals surface area contributed by atoms with E-state index in [1.165, 1.54) is 11.8 Å². The van der Waals surface area contributed by atoms with Crippen LogP contribution in [0.2, 0.25) is 0 Å². The van der Waals surface area contributed by atoms with Crippen LogP contribution in [0.15, 0.2) is 60.7 Å². The highest BCUT2D eigenvalue weighted by atomic mass is 32.2. The molecule has 1 aliphatic heterocycles. The number of benzene rings is 2. The maximum absolute atomic E-state index is 12.6. The Kier molecular flexibility index (Phi) is 7.23. The molecule has 0 spiro atoms. The van der Waals surface area contributed by atoms with Crippen molar-refractivity contribution in [3.63, 3.8) is 0 Å². The van der Waals surface area contributed by atoms with Crippen molar-refractivity contribution in [3.05, 3.63) is 71.8 Å². The van der Waals surface area contributed by atoms with Gasteiger partial charge >= 0.3 is 0 Å². The molecule has 0 saturated carbocycles. The quantitative estimate of drug-likeness (QED) is 0.657. The molecule has 1 saturated heterocycles. The number of hydrogen-bond donors (Lipinski definition) is 1. The van der Waals surface area contributed by atoms with Gasteiger partial charge in [-0.05, 0) is 24.0 Å². The molecule has 28 heavy (non-hydrogen) atoms. The van der Waals surface area contributed by atoms with E-state index in [-0.39, 0.29) is 23.1 Å². The van der Waals surface area contributed by atoms with Gasteiger partial charge < -0.3 is 5.32 Å². The average molecular weight is 413 g/mol. The summed E-state index contributed by atoms with van der Waals surface area (Å²) in [6.45, 7) is 2.48. The number of carbonyl (C=O) groups is 2. The molecule has 1 unspecified atom stereocenters. The van der Waals surface area contributed by atoms with Crippen LogP contribution in [0.4, 0.5) is 0 Å². The van der Waals surface area contributed by atoms with Gasteiger partial charge in [-0.25, -0.2) is 0 Å². The maximum Gasteiger partial charge on any atom is 0.241 e. The van der Waals surface area contributed by atoms with Crippen LogP contribution in [0.5, 0.6) is 0 Å². The Balaban J connectivity index is 1.59. The van der Waals surface area contributed by atoms with Crippen LogP contribution < -0.4 is 5.32 Å². The second kappa shape index (κ2) is 9.85. The number of nitrogens with one attached hydrogen (secondary N) is 1. The lowest BCUT2D eigenvalue weighted by molar-refractivity contribution is -0.127. The summed E-state index contributed by atoms with van der Waals surface area (Å²) in [4.78, 5) is 26.5. The normalized spacial score (nSPS) is 16.6. The van der Waals surface area contributed by atoms with Crippen LogP contribution in [0.1, 0.15) is 43.4 Å². The largest absolute Gasteiger partial charge is 0.345 e. The monoisotopic (exact) mass is 412 g/mol. The maximum atomic E-state index is 12.6. The number of nitrogens with zero attached hydrogens (tertiary/aromatic N) is 1. The first-order valence-electron chi connectivity index (χ1n) is 9.51. The van der Waals surface area contributed by atoms with E-state index < -0.39 is 0 Å². The number of rotatable bonds is 8. The molecule has 1 aliphatic rings. The molecule has 2 amide bonds. The minimum absolute atomic E-state index is 0.0324. The fourth-order valence-corrected chi connectivity index (χ4v) is 4.72. The van der Waals surface area contributed by atoms with E-state index in [1.807, 2.05) is 67.6 Å². The second-order valence-corrected chi connectivity index (χ2v) is 8.53. The van der Waals surface area contributed by atoms with E-state index in [0.717, 1.165) is 17.5 Å². The van der Waals surface area contributed by atoms with Gasteiger partial charge in [0.2, 0.25) is 11.8 Å². The summed E-state index contributed by atoms with van der Waals surface area (Å²) in [7, 11) is 0. The van der Waals surface area contributed by atoms with Gasteiger partial charge in [0.15, 0.2) is 0 Å². The lowest BCUT2D eigenvalue weighted by atomic mass is 9.98. The van der Waals surface area contributed by atoms with Gasteiger partial charge in [-0.3, -0.25) is 14.5 Å². The average Bonchev–Trinajstić information content (AvgIpc) is 3.01. The first-order valence-corrected chi connectivity index (χ1v) is 10.8. The Bertz CT molecular complexity index is 787. The minimum Gasteiger partial charge on any atom is -0.345 e. The van der Waals surface area contributed by atoms with Gasteiger partial charge in [-0.1, -0.05) is 91.6 Å². The number of thioether (sulfide) groups is 1. The zero-order valence-electron chi connectivity index (χ0n) is 15.8. The third-order valence-corrected chi connectivity index (χ3v) is 6.48. The molecule has 1 N–H and O–H groups in total. The Morgan fingerprint density at radius 1 is 1.11 bits per heavy atom. The van der Waals surface area contributed by atoms with Crippen molar-refractivity contribution in [1.29, 1.82) is 0 Å². The van der Waals surface area contributed by atoms with Crippen LogP contribution >= 0.6 is 24.0 Å². The summed E-state index contributed by atoms with van der Waals surface area (Å²) >= 11 is 6.76. The summed E-state index contributed by atoms with van der Waals surface area (Å²) < 4.78 is 0.628. The van der Waals surface area contributed by atoms with Gasteiger partial charge in [0.05, 0.1) is 11.3 Å². The first-order chi connectivity index (χ1) is 13.6. The molecule has 0 aromatic heterocycles. The predicted molar refractivity (Wildman–Crippen MR) is 118 cm³/mol. The first kappa shape index (κ1) is 20.6. The van der Waals surface area contributed by atoms with E-state index >= 15 is 0 Å². The molecular formula is C22H24N2O2S2. The van der Waals surface area contributed by atoms with Crippen LogP contribution in [0.25, 0.3) is 0 Å². The lowest BCUT2D eigenvalue weighted by Gasteiger charge is -2.20. The van der Waals surface area contributed by atoms with Crippen LogP contribution in [0, 0.1) is 0 Å². The molecule has 6 heteroatoms. The second-order valence-electron chi connectivity index (χ2n) is 6.70. The van der Waals surface area contributed by atoms with Crippen LogP contribution in [0.3, 0.4) is 0 Å². The van der Waals surface area contributed by atoms with Crippen molar-refractivity contribution in [2.45, 2.75) is 37.5 Å². The molecule has 1 heterocycles. The van der Waals surface area contributed by atoms with E-state index in [9.17, 15) is 9.59 Å². The standard InChI is InChI=1S/C22H24N2O2S2/c1-2-18-21(26)24(22(27)28-18)15-9-14-19(25)23-20(16-10-5-3-6-11-16)17-12-7-4-8-13-17/h3-8,10-13,18,20H,2,9,14-15H2,1H3,(H,23,25). The summed E-state index contributed by atoms with van der Waals surface area (Å²) in [5.41, 5.74) is 2.08. The van der Waals surface area contributed by atoms with Crippen molar-refractivity contribution < 1.29 is 9.59 Å². The molecule has 1 fully saturated rings. The van der Waals surface area contributed by atoms with Crippen molar-refractivity contribution in [2.75, 3.05) is 6.54 Å². The van der Waals surface area contributed by atoms with Crippen LogP contribution in [-0.2, 0) is 9.59 Å². The van der Waals surface area contributed by atoms with Gasteiger partial charge in [-0.15, -0.1) is 0 Å².